The van der Waals surface area contributed by atoms with E-state index in [-0.39, 0.29) is 11.5 Å². The average Bonchev–Trinajstić information content (AvgIpc) is 3.66. The minimum absolute atomic E-state index is 0.0130. The van der Waals surface area contributed by atoms with Gasteiger partial charge in [-0.1, -0.05) is 31.5 Å². The fourth-order valence-corrected chi connectivity index (χ4v) is 7.47. The van der Waals surface area contributed by atoms with Crippen LogP contribution >= 0.6 is 11.6 Å². The molecule has 2 aliphatic heterocycles. The second-order valence-corrected chi connectivity index (χ2v) is 13.2. The number of aryl methyl sites for hydroxylation is 3. The topological polar surface area (TPSA) is 88.0 Å². The Morgan fingerprint density at radius 3 is 2.61 bits per heavy atom. The lowest BCUT2D eigenvalue weighted by molar-refractivity contribution is -0.00647. The normalized spacial score (nSPS) is 20.6. The molecule has 3 aliphatic rings. The van der Waals surface area contributed by atoms with Crippen LogP contribution in [0.2, 0.25) is 5.02 Å². The number of methoxy groups -OCH3 is 1. The van der Waals surface area contributed by atoms with Gasteiger partial charge in [-0.2, -0.15) is 10.2 Å². The van der Waals surface area contributed by atoms with E-state index in [0.717, 1.165) is 94.1 Å². The van der Waals surface area contributed by atoms with Crippen LogP contribution in [-0.2, 0) is 24.8 Å². The van der Waals surface area contributed by atoms with Gasteiger partial charge in [-0.25, -0.2) is 9.97 Å². The van der Waals surface area contributed by atoms with Crippen LogP contribution in [-0.4, -0.2) is 62.8 Å². The number of nitrogens with one attached hydrogen (secondary N) is 1. The maximum atomic E-state index is 6.98. The lowest BCUT2D eigenvalue weighted by atomic mass is 9.81. The van der Waals surface area contributed by atoms with Crippen molar-refractivity contribution < 1.29 is 4.74 Å². The van der Waals surface area contributed by atoms with E-state index in [4.69, 9.17) is 31.4 Å². The number of piperidine rings is 1. The minimum Gasteiger partial charge on any atom is -0.381 e. The number of benzene rings is 1. The van der Waals surface area contributed by atoms with Gasteiger partial charge in [-0.3, -0.25) is 9.78 Å². The Morgan fingerprint density at radius 2 is 1.88 bits per heavy atom. The first-order valence-electron chi connectivity index (χ1n) is 14.8. The molecule has 3 aromatic heterocycles. The predicted molar refractivity (Wildman–Crippen MR) is 163 cm³/mol. The Hall–Kier alpha value is -3.17. The van der Waals surface area contributed by atoms with Crippen molar-refractivity contribution >= 4 is 34.1 Å². The van der Waals surface area contributed by atoms with Gasteiger partial charge in [0.15, 0.2) is 5.82 Å². The fraction of sp³-hybridized carbons (Fsp3) is 0.548. The molecule has 1 saturated heterocycles. The number of aromatic nitrogens is 6. The summed E-state index contributed by atoms with van der Waals surface area (Å²) in [5.74, 6) is 3.31. The summed E-state index contributed by atoms with van der Waals surface area (Å²) in [5.41, 5.74) is 7.53. The van der Waals surface area contributed by atoms with Gasteiger partial charge in [-0.05, 0) is 44.7 Å². The Kier molecular flexibility index (Phi) is 6.32. The van der Waals surface area contributed by atoms with Crippen molar-refractivity contribution in [2.75, 3.05) is 36.5 Å². The van der Waals surface area contributed by atoms with E-state index in [1.807, 2.05) is 18.8 Å². The Morgan fingerprint density at radius 1 is 1.07 bits per heavy atom. The summed E-state index contributed by atoms with van der Waals surface area (Å²) >= 11 is 6.98. The molecule has 1 aliphatic carbocycles. The number of halogens is 1. The van der Waals surface area contributed by atoms with Crippen LogP contribution in [0.15, 0.2) is 12.1 Å². The van der Waals surface area contributed by atoms with E-state index in [9.17, 15) is 0 Å². The highest BCUT2D eigenvalue weighted by Crippen LogP contribution is 2.46. The molecule has 2 fully saturated rings. The number of ether oxygens (including phenoxy) is 1. The molecule has 7 rings (SSSR count). The van der Waals surface area contributed by atoms with Crippen LogP contribution < -0.4 is 9.80 Å². The number of H-pyrrole nitrogens is 1. The van der Waals surface area contributed by atoms with E-state index >= 15 is 0 Å². The molecule has 0 spiro atoms. The molecule has 10 heteroatoms. The third-order valence-corrected chi connectivity index (χ3v) is 9.70. The number of aromatic amines is 1. The first kappa shape index (κ1) is 26.7. The number of hydrogen-bond acceptors (Lipinski definition) is 7. The smallest absolute Gasteiger partial charge is 0.162 e. The molecule has 5 heterocycles. The van der Waals surface area contributed by atoms with Gasteiger partial charge < -0.3 is 14.5 Å². The molecule has 0 amide bonds. The predicted octanol–water partition coefficient (Wildman–Crippen LogP) is 5.72. The molecule has 0 radical (unpaired) electrons. The summed E-state index contributed by atoms with van der Waals surface area (Å²) in [6.07, 6.45) is 4.33. The highest BCUT2D eigenvalue weighted by molar-refractivity contribution is 6.33. The van der Waals surface area contributed by atoms with Gasteiger partial charge >= 0.3 is 0 Å². The molecular weight excluding hydrogens is 536 g/mol. The average molecular weight is 575 g/mol. The number of rotatable bonds is 5. The third kappa shape index (κ3) is 4.39. The van der Waals surface area contributed by atoms with Crippen LogP contribution in [0.5, 0.6) is 0 Å². The monoisotopic (exact) mass is 574 g/mol. The summed E-state index contributed by atoms with van der Waals surface area (Å²) in [6, 6.07) is 4.19. The standard InChI is InChI=1S/C31H39ClN8O/c1-17-7-10-22-25(18(2)35-36-22)24(17)28-33-21-11-13-39(30-26(32)27(19-8-9-19)37-38(30)5)15-20(21)29(34-28)40-14-12-23(41-6)31(3,4)16-40/h7,10,19,23H,8-9,11-16H2,1-6H3,(H,35,36)/t23-/m0/s1. The molecule has 41 heavy (non-hydrogen) atoms. The van der Waals surface area contributed by atoms with E-state index in [2.05, 4.69) is 59.8 Å². The summed E-state index contributed by atoms with van der Waals surface area (Å²) < 4.78 is 7.86. The quantitative estimate of drug-likeness (QED) is 0.326. The Balaban J connectivity index is 1.36. The van der Waals surface area contributed by atoms with E-state index in [1.54, 1.807) is 0 Å². The van der Waals surface area contributed by atoms with Gasteiger partial charge in [0.2, 0.25) is 0 Å². The molecule has 1 saturated carbocycles. The maximum absolute atomic E-state index is 6.98. The molecular formula is C31H39ClN8O. The summed E-state index contributed by atoms with van der Waals surface area (Å²) in [5, 5.41) is 14.4. The minimum atomic E-state index is -0.0130. The molecule has 216 valence electrons. The lowest BCUT2D eigenvalue weighted by Gasteiger charge is -2.45. The first-order chi connectivity index (χ1) is 19.7. The van der Waals surface area contributed by atoms with Crippen LogP contribution in [0, 0.1) is 19.3 Å². The molecule has 1 atom stereocenters. The Bertz CT molecular complexity index is 1650. The van der Waals surface area contributed by atoms with Crippen molar-refractivity contribution in [1.82, 2.24) is 29.9 Å². The number of fused-ring (bicyclic) bond motifs is 2. The van der Waals surface area contributed by atoms with Crippen LogP contribution in [0.25, 0.3) is 22.3 Å². The van der Waals surface area contributed by atoms with Crippen molar-refractivity contribution in [2.45, 2.75) is 71.9 Å². The van der Waals surface area contributed by atoms with Crippen molar-refractivity contribution in [3.63, 3.8) is 0 Å². The lowest BCUT2D eigenvalue weighted by Crippen LogP contribution is -2.50. The SMILES string of the molecule is CO[C@H]1CCN(c2nc(-c3c(C)ccc4n[nH]c(C)c34)nc3c2CN(c2c(Cl)c(C4CC4)nn2C)CC3)CC1(C)C. The van der Waals surface area contributed by atoms with Gasteiger partial charge in [-0.15, -0.1) is 0 Å². The van der Waals surface area contributed by atoms with E-state index < -0.39 is 0 Å². The molecule has 0 bridgehead atoms. The number of hydrogen-bond donors (Lipinski definition) is 1. The molecule has 1 N–H and O–H groups in total. The van der Waals surface area contributed by atoms with Crippen LogP contribution in [0.3, 0.4) is 0 Å². The zero-order valence-electron chi connectivity index (χ0n) is 24.9. The number of anilines is 2. The van der Waals surface area contributed by atoms with Gasteiger partial charge in [0.05, 0.1) is 23.0 Å². The fourth-order valence-electron chi connectivity index (χ4n) is 7.03. The van der Waals surface area contributed by atoms with Crippen molar-refractivity contribution in [3.8, 4) is 11.4 Å². The van der Waals surface area contributed by atoms with Crippen molar-refractivity contribution in [2.24, 2.45) is 12.5 Å². The van der Waals surface area contributed by atoms with E-state index in [1.165, 1.54) is 18.4 Å². The maximum Gasteiger partial charge on any atom is 0.162 e. The zero-order valence-corrected chi connectivity index (χ0v) is 25.6. The molecule has 1 aromatic carbocycles. The van der Waals surface area contributed by atoms with E-state index in [0.29, 0.717) is 12.5 Å². The second kappa shape index (κ2) is 9.70. The largest absolute Gasteiger partial charge is 0.381 e. The Labute approximate surface area is 246 Å². The second-order valence-electron chi connectivity index (χ2n) is 12.8. The van der Waals surface area contributed by atoms with Crippen LogP contribution in [0.1, 0.15) is 67.2 Å². The first-order valence-corrected chi connectivity index (χ1v) is 15.1. The van der Waals surface area contributed by atoms with Gasteiger partial charge in [0, 0.05) is 80.3 Å². The highest BCUT2D eigenvalue weighted by Gasteiger charge is 2.39. The summed E-state index contributed by atoms with van der Waals surface area (Å²) in [4.78, 5) is 15.5. The number of nitrogens with zero attached hydrogens (tertiary/aromatic N) is 7. The van der Waals surface area contributed by atoms with Crippen LogP contribution in [0.4, 0.5) is 11.6 Å². The highest BCUT2D eigenvalue weighted by atomic mass is 35.5. The van der Waals surface area contributed by atoms with Gasteiger partial charge in [0.25, 0.3) is 0 Å². The molecule has 4 aromatic rings. The van der Waals surface area contributed by atoms with Crippen molar-refractivity contribution in [1.29, 1.82) is 0 Å². The third-order valence-electron chi connectivity index (χ3n) is 9.34. The van der Waals surface area contributed by atoms with Crippen molar-refractivity contribution in [3.05, 3.63) is 45.4 Å². The summed E-state index contributed by atoms with van der Waals surface area (Å²) in [7, 11) is 3.84. The summed E-state index contributed by atoms with van der Waals surface area (Å²) in [6.45, 7) is 12.1. The van der Waals surface area contributed by atoms with Gasteiger partial charge in [0.1, 0.15) is 16.7 Å². The molecule has 0 unspecified atom stereocenters. The zero-order chi connectivity index (χ0) is 28.6. The molecule has 9 nitrogen and oxygen atoms in total.